The van der Waals surface area contributed by atoms with Gasteiger partial charge in [0, 0.05) is 12.8 Å². The fraction of sp³-hybridized carbons (Fsp3) is 0.333. The smallest absolute Gasteiger partial charge is 0.251 e. The molecule has 0 radical (unpaired) electrons. The van der Waals surface area contributed by atoms with E-state index in [4.69, 9.17) is 4.74 Å². The highest BCUT2D eigenvalue weighted by Gasteiger charge is 2.23. The van der Waals surface area contributed by atoms with Gasteiger partial charge in [0.2, 0.25) is 5.91 Å². The Labute approximate surface area is 177 Å². The summed E-state index contributed by atoms with van der Waals surface area (Å²) in [5.41, 5.74) is 1.97. The topological polar surface area (TPSA) is 67.4 Å². The molecule has 2 N–H and O–H groups in total. The number of thioether (sulfide) groups is 1. The highest BCUT2D eigenvalue weighted by atomic mass is 32.2. The van der Waals surface area contributed by atoms with E-state index in [1.165, 1.54) is 17.8 Å². The molecule has 8 heteroatoms. The summed E-state index contributed by atoms with van der Waals surface area (Å²) in [5.74, 6) is -0.733. The zero-order valence-corrected chi connectivity index (χ0v) is 19.1. The van der Waals surface area contributed by atoms with Crippen molar-refractivity contribution < 1.29 is 18.7 Å². The second kappa shape index (κ2) is 11.1. The predicted octanol–water partition coefficient (Wildman–Crippen LogP) is 2.82. The molecule has 0 saturated heterocycles. The number of ether oxygens (including phenoxy) is 1. The van der Waals surface area contributed by atoms with Gasteiger partial charge in [0.1, 0.15) is 11.9 Å². The summed E-state index contributed by atoms with van der Waals surface area (Å²) in [7, 11) is 0.321. The number of carbonyl (C=O) groups excluding carboxylic acids is 2. The molecule has 5 nitrogen and oxygen atoms in total. The van der Waals surface area contributed by atoms with Gasteiger partial charge in [-0.15, -0.1) is 0 Å². The Morgan fingerprint density at radius 3 is 2.41 bits per heavy atom. The van der Waals surface area contributed by atoms with Gasteiger partial charge >= 0.3 is 0 Å². The number of halogens is 1. The summed E-state index contributed by atoms with van der Waals surface area (Å²) >= 11 is 1.37. The van der Waals surface area contributed by atoms with Crippen LogP contribution in [0.2, 0.25) is 13.1 Å². The van der Waals surface area contributed by atoms with E-state index in [1.807, 2.05) is 31.5 Å². The van der Waals surface area contributed by atoms with Crippen molar-refractivity contribution in [3.8, 4) is 0 Å². The van der Waals surface area contributed by atoms with Crippen LogP contribution in [0.4, 0.5) is 10.1 Å². The van der Waals surface area contributed by atoms with E-state index in [0.29, 0.717) is 17.9 Å². The van der Waals surface area contributed by atoms with Crippen LogP contribution >= 0.6 is 11.8 Å². The first kappa shape index (κ1) is 23.1. The van der Waals surface area contributed by atoms with E-state index in [1.54, 1.807) is 31.4 Å². The van der Waals surface area contributed by atoms with Crippen molar-refractivity contribution in [2.75, 3.05) is 24.4 Å². The molecule has 2 aromatic rings. The second-order valence-corrected chi connectivity index (χ2v) is 10.8. The fourth-order valence-corrected chi connectivity index (χ4v) is 4.36. The van der Waals surface area contributed by atoms with Crippen LogP contribution in [-0.2, 0) is 20.9 Å². The van der Waals surface area contributed by atoms with Crippen molar-refractivity contribution in [2.45, 2.75) is 25.7 Å². The minimum Gasteiger partial charge on any atom is -0.380 e. The first-order valence-corrected chi connectivity index (χ1v) is 13.6. The Morgan fingerprint density at radius 1 is 1.17 bits per heavy atom. The van der Waals surface area contributed by atoms with Crippen molar-refractivity contribution in [1.82, 2.24) is 5.32 Å². The molecule has 0 aliphatic rings. The minimum absolute atomic E-state index is 0.244. The molecule has 0 aromatic heterocycles. The maximum absolute atomic E-state index is 14.3. The summed E-state index contributed by atoms with van der Waals surface area (Å²) in [6, 6.07) is 11.1. The number of methoxy groups -OCH3 is 1. The molecule has 1 unspecified atom stereocenters. The summed E-state index contributed by atoms with van der Waals surface area (Å²) in [5, 5.41) is 6.21. The van der Waals surface area contributed by atoms with Crippen LogP contribution in [0.5, 0.6) is 0 Å². The number of carbonyl (C=O) groups is 2. The largest absolute Gasteiger partial charge is 0.380 e. The fourth-order valence-electron chi connectivity index (χ4n) is 2.89. The van der Waals surface area contributed by atoms with Gasteiger partial charge in [0.15, 0.2) is 0 Å². The standard InChI is InChI=1S/C21H27FN2O3SSi/c1-27-12-14-5-7-15(8-6-14)20(24-19(25)13-28-2)21(26)23-16-9-10-18(29(3)4)17(22)11-16/h5-11,20,29H,12-13H2,1-4H3,(H,23,26)(H,24,25). The summed E-state index contributed by atoms with van der Waals surface area (Å²) in [6.07, 6.45) is 1.82. The molecule has 2 amide bonds. The number of hydrogen-bond acceptors (Lipinski definition) is 4. The van der Waals surface area contributed by atoms with Crippen LogP contribution in [-0.4, -0.2) is 39.7 Å². The van der Waals surface area contributed by atoms with Gasteiger partial charge in [-0.1, -0.05) is 43.4 Å². The Kier molecular flexibility index (Phi) is 8.88. The van der Waals surface area contributed by atoms with Crippen molar-refractivity contribution >= 4 is 43.2 Å². The van der Waals surface area contributed by atoms with Crippen LogP contribution < -0.4 is 15.8 Å². The molecule has 2 aromatic carbocycles. The molecule has 2 rings (SSSR count). The molecule has 156 valence electrons. The SMILES string of the molecule is COCc1ccc(C(NC(=O)CSC)C(=O)Nc2ccc([SiH](C)C)c(F)c2)cc1. The summed E-state index contributed by atoms with van der Waals surface area (Å²) < 4.78 is 19.4. The third-order valence-corrected chi connectivity index (χ3v) is 6.62. The Hall–Kier alpha value is -2.16. The molecular weight excluding hydrogens is 407 g/mol. The maximum atomic E-state index is 14.3. The number of benzene rings is 2. The third kappa shape index (κ3) is 6.69. The molecule has 0 saturated carbocycles. The number of anilines is 1. The lowest BCUT2D eigenvalue weighted by molar-refractivity contribution is -0.125. The normalized spacial score (nSPS) is 11.9. The maximum Gasteiger partial charge on any atom is 0.251 e. The van der Waals surface area contributed by atoms with Gasteiger partial charge in [-0.25, -0.2) is 4.39 Å². The first-order chi connectivity index (χ1) is 13.8. The van der Waals surface area contributed by atoms with Gasteiger partial charge in [0.25, 0.3) is 5.91 Å². The predicted molar refractivity (Wildman–Crippen MR) is 120 cm³/mol. The minimum atomic E-state index is -1.29. The summed E-state index contributed by atoms with van der Waals surface area (Å²) in [4.78, 5) is 25.1. The van der Waals surface area contributed by atoms with Crippen molar-refractivity contribution in [3.05, 3.63) is 59.4 Å². The number of nitrogens with one attached hydrogen (secondary N) is 2. The van der Waals surface area contributed by atoms with Crippen LogP contribution in [0.15, 0.2) is 42.5 Å². The average molecular weight is 435 g/mol. The van der Waals surface area contributed by atoms with Crippen molar-refractivity contribution in [1.29, 1.82) is 0 Å². The molecule has 0 bridgehead atoms. The zero-order chi connectivity index (χ0) is 21.4. The van der Waals surface area contributed by atoms with Gasteiger partial charge in [-0.3, -0.25) is 9.59 Å². The third-order valence-electron chi connectivity index (χ3n) is 4.36. The molecule has 0 spiro atoms. The lowest BCUT2D eigenvalue weighted by atomic mass is 10.0. The van der Waals surface area contributed by atoms with E-state index < -0.39 is 20.7 Å². The van der Waals surface area contributed by atoms with E-state index in [9.17, 15) is 14.0 Å². The van der Waals surface area contributed by atoms with Crippen LogP contribution in [0.25, 0.3) is 0 Å². The molecule has 0 aliphatic heterocycles. The Bertz CT molecular complexity index is 846. The quantitative estimate of drug-likeness (QED) is 0.596. The van der Waals surface area contributed by atoms with E-state index in [2.05, 4.69) is 10.6 Å². The highest BCUT2D eigenvalue weighted by Crippen LogP contribution is 2.18. The van der Waals surface area contributed by atoms with Crippen LogP contribution in [0.3, 0.4) is 0 Å². The van der Waals surface area contributed by atoms with Crippen molar-refractivity contribution in [3.63, 3.8) is 0 Å². The van der Waals surface area contributed by atoms with Gasteiger partial charge in [-0.2, -0.15) is 11.8 Å². The van der Waals surface area contributed by atoms with Crippen LogP contribution in [0, 0.1) is 5.82 Å². The van der Waals surface area contributed by atoms with E-state index in [-0.39, 0.29) is 17.5 Å². The molecule has 1 atom stereocenters. The molecule has 29 heavy (non-hydrogen) atoms. The second-order valence-electron chi connectivity index (χ2n) is 6.99. The number of rotatable bonds is 9. The lowest BCUT2D eigenvalue weighted by Crippen LogP contribution is -2.38. The lowest BCUT2D eigenvalue weighted by Gasteiger charge is -2.19. The van der Waals surface area contributed by atoms with Gasteiger partial charge in [0.05, 0.1) is 21.2 Å². The zero-order valence-electron chi connectivity index (χ0n) is 17.1. The molecule has 0 aliphatic carbocycles. The highest BCUT2D eigenvalue weighted by molar-refractivity contribution is 7.99. The molecule has 0 fully saturated rings. The number of hydrogen-bond donors (Lipinski definition) is 2. The van der Waals surface area contributed by atoms with Gasteiger partial charge < -0.3 is 15.4 Å². The molecule has 0 heterocycles. The Balaban J connectivity index is 2.24. The van der Waals surface area contributed by atoms with E-state index >= 15 is 0 Å². The average Bonchev–Trinajstić information content (AvgIpc) is 2.67. The monoisotopic (exact) mass is 434 g/mol. The van der Waals surface area contributed by atoms with Crippen LogP contribution in [0.1, 0.15) is 17.2 Å². The van der Waals surface area contributed by atoms with Gasteiger partial charge in [-0.05, 0) is 34.7 Å². The molecular formula is C21H27FN2O3SSi. The van der Waals surface area contributed by atoms with Crippen molar-refractivity contribution in [2.24, 2.45) is 0 Å². The summed E-state index contributed by atoms with van der Waals surface area (Å²) in [6.45, 7) is 4.54. The van der Waals surface area contributed by atoms with E-state index in [0.717, 1.165) is 10.8 Å². The number of amides is 2. The Morgan fingerprint density at radius 2 is 1.86 bits per heavy atom. The first-order valence-electron chi connectivity index (χ1n) is 9.32.